The Kier molecular flexibility index (Phi) is 5.29. The van der Waals surface area contributed by atoms with Gasteiger partial charge in [0.2, 0.25) is 10.0 Å². The zero-order valence-corrected chi connectivity index (χ0v) is 15.0. The Morgan fingerprint density at radius 2 is 2.08 bits per heavy atom. The molecule has 2 heterocycles. The molecule has 2 aromatic rings. The van der Waals surface area contributed by atoms with Gasteiger partial charge in [0.1, 0.15) is 5.52 Å². The number of fused-ring (bicyclic) bond motifs is 1. The summed E-state index contributed by atoms with van der Waals surface area (Å²) >= 11 is 0. The minimum atomic E-state index is -3.20. The summed E-state index contributed by atoms with van der Waals surface area (Å²) in [7, 11) is -3.20. The van der Waals surface area contributed by atoms with Crippen LogP contribution in [0.4, 0.5) is 0 Å². The number of para-hydroxylation sites is 1. The molecule has 1 aromatic heterocycles. The van der Waals surface area contributed by atoms with Gasteiger partial charge in [-0.05, 0) is 31.4 Å². The van der Waals surface area contributed by atoms with Gasteiger partial charge in [-0.1, -0.05) is 12.5 Å². The lowest BCUT2D eigenvalue weighted by molar-refractivity contribution is 0.0951. The summed E-state index contributed by atoms with van der Waals surface area (Å²) in [5.74, 6) is -0.215. The smallest absolute Gasteiger partial charge is 0.253 e. The van der Waals surface area contributed by atoms with E-state index in [2.05, 4.69) is 15.3 Å². The molecule has 0 aliphatic carbocycles. The molecule has 1 aliphatic rings. The number of benzene rings is 1. The van der Waals surface area contributed by atoms with Crippen LogP contribution in [0.1, 0.15) is 36.0 Å². The highest BCUT2D eigenvalue weighted by Gasteiger charge is 2.28. The van der Waals surface area contributed by atoms with Crippen LogP contribution in [0.15, 0.2) is 30.6 Å². The van der Waals surface area contributed by atoms with E-state index in [1.807, 2.05) is 6.07 Å². The largest absolute Gasteiger partial charge is 0.352 e. The Balaban J connectivity index is 1.64. The molecular weight excluding hydrogens is 340 g/mol. The summed E-state index contributed by atoms with van der Waals surface area (Å²) in [5.41, 5.74) is 1.72. The Hall–Kier alpha value is -2.06. The van der Waals surface area contributed by atoms with E-state index in [0.29, 0.717) is 36.1 Å². The summed E-state index contributed by atoms with van der Waals surface area (Å²) in [6.07, 6.45) is 7.75. The van der Waals surface area contributed by atoms with Crippen LogP contribution in [0.5, 0.6) is 0 Å². The molecule has 1 aromatic carbocycles. The molecule has 134 valence electrons. The molecular formula is C17H22N4O3S. The molecule has 1 fully saturated rings. The van der Waals surface area contributed by atoms with Crippen molar-refractivity contribution in [3.63, 3.8) is 0 Å². The molecule has 0 spiro atoms. The van der Waals surface area contributed by atoms with Crippen LogP contribution >= 0.6 is 0 Å². The third kappa shape index (κ3) is 4.13. The van der Waals surface area contributed by atoms with Crippen molar-refractivity contribution in [2.45, 2.75) is 31.7 Å². The first-order valence-electron chi connectivity index (χ1n) is 8.41. The van der Waals surface area contributed by atoms with E-state index in [4.69, 9.17) is 0 Å². The van der Waals surface area contributed by atoms with E-state index in [0.717, 1.165) is 19.3 Å². The maximum atomic E-state index is 12.5. The Morgan fingerprint density at radius 3 is 2.88 bits per heavy atom. The number of carbonyl (C=O) groups excluding carboxylic acids is 1. The zero-order chi connectivity index (χ0) is 17.9. The number of aromatic nitrogens is 2. The molecule has 1 atom stereocenters. The number of hydrogen-bond acceptors (Lipinski definition) is 5. The first-order valence-corrected chi connectivity index (χ1v) is 10.3. The fraction of sp³-hybridized carbons (Fsp3) is 0.471. The van der Waals surface area contributed by atoms with Gasteiger partial charge in [-0.15, -0.1) is 0 Å². The molecule has 25 heavy (non-hydrogen) atoms. The first-order chi connectivity index (χ1) is 12.0. The minimum absolute atomic E-state index is 0.0450. The van der Waals surface area contributed by atoms with Crippen molar-refractivity contribution >= 4 is 27.0 Å². The van der Waals surface area contributed by atoms with Crippen LogP contribution < -0.4 is 5.32 Å². The summed E-state index contributed by atoms with van der Waals surface area (Å²) in [6.45, 7) is 0.989. The van der Waals surface area contributed by atoms with Crippen LogP contribution in [0, 0.1) is 0 Å². The molecule has 0 saturated carbocycles. The van der Waals surface area contributed by atoms with Crippen molar-refractivity contribution in [3.05, 3.63) is 36.2 Å². The van der Waals surface area contributed by atoms with Crippen molar-refractivity contribution in [2.75, 3.05) is 19.3 Å². The van der Waals surface area contributed by atoms with Crippen molar-refractivity contribution in [2.24, 2.45) is 0 Å². The average molecular weight is 362 g/mol. The summed E-state index contributed by atoms with van der Waals surface area (Å²) in [4.78, 5) is 20.9. The zero-order valence-electron chi connectivity index (χ0n) is 14.2. The molecule has 0 bridgehead atoms. The lowest BCUT2D eigenvalue weighted by atomic mass is 10.0. The molecule has 0 radical (unpaired) electrons. The summed E-state index contributed by atoms with van der Waals surface area (Å²) in [6, 6.07) is 5.26. The number of nitrogens with one attached hydrogen (secondary N) is 1. The molecule has 1 amide bonds. The summed E-state index contributed by atoms with van der Waals surface area (Å²) < 4.78 is 25.3. The van der Waals surface area contributed by atoms with Gasteiger partial charge >= 0.3 is 0 Å². The van der Waals surface area contributed by atoms with E-state index in [1.165, 1.54) is 6.26 Å². The quantitative estimate of drug-likeness (QED) is 0.871. The number of carbonyl (C=O) groups is 1. The first kappa shape index (κ1) is 17.8. The number of nitrogens with zero attached hydrogens (tertiary/aromatic N) is 3. The topological polar surface area (TPSA) is 92.3 Å². The third-order valence-electron chi connectivity index (χ3n) is 4.51. The highest BCUT2D eigenvalue weighted by atomic mass is 32.2. The van der Waals surface area contributed by atoms with Crippen LogP contribution in [0.3, 0.4) is 0 Å². The second-order valence-corrected chi connectivity index (χ2v) is 8.23. The van der Waals surface area contributed by atoms with Crippen LogP contribution in [0.25, 0.3) is 11.0 Å². The van der Waals surface area contributed by atoms with E-state index < -0.39 is 10.0 Å². The van der Waals surface area contributed by atoms with Gasteiger partial charge in [0.15, 0.2) is 0 Å². The Bertz CT molecular complexity index is 864. The van der Waals surface area contributed by atoms with E-state index in [1.54, 1.807) is 28.8 Å². The second kappa shape index (κ2) is 7.45. The molecule has 0 unspecified atom stereocenters. The molecule has 8 heteroatoms. The van der Waals surface area contributed by atoms with Gasteiger partial charge in [0, 0.05) is 31.5 Å². The predicted molar refractivity (Wildman–Crippen MR) is 95.7 cm³/mol. The van der Waals surface area contributed by atoms with Crippen molar-refractivity contribution in [1.82, 2.24) is 19.6 Å². The molecule has 3 rings (SSSR count). The van der Waals surface area contributed by atoms with Gasteiger partial charge in [-0.2, -0.15) is 4.31 Å². The normalized spacial score (nSPS) is 19.0. The third-order valence-corrected chi connectivity index (χ3v) is 5.84. The van der Waals surface area contributed by atoms with Gasteiger partial charge in [0.25, 0.3) is 5.91 Å². The molecule has 1 saturated heterocycles. The maximum absolute atomic E-state index is 12.5. The Morgan fingerprint density at radius 1 is 1.28 bits per heavy atom. The fourth-order valence-corrected chi connectivity index (χ4v) is 4.54. The van der Waals surface area contributed by atoms with Gasteiger partial charge in [0.05, 0.1) is 17.3 Å². The van der Waals surface area contributed by atoms with Crippen molar-refractivity contribution in [3.8, 4) is 0 Å². The number of sulfonamides is 1. The van der Waals surface area contributed by atoms with Crippen LogP contribution in [0.2, 0.25) is 0 Å². The minimum Gasteiger partial charge on any atom is -0.352 e. The Labute approximate surface area is 147 Å². The average Bonchev–Trinajstić information content (AvgIpc) is 2.60. The van der Waals surface area contributed by atoms with Gasteiger partial charge < -0.3 is 5.32 Å². The lowest BCUT2D eigenvalue weighted by Crippen LogP contribution is -2.44. The van der Waals surface area contributed by atoms with Crippen molar-refractivity contribution in [1.29, 1.82) is 0 Å². The monoisotopic (exact) mass is 362 g/mol. The van der Waals surface area contributed by atoms with Gasteiger partial charge in [-0.25, -0.2) is 8.42 Å². The van der Waals surface area contributed by atoms with Crippen LogP contribution in [-0.4, -0.2) is 54.0 Å². The number of piperidine rings is 1. The fourth-order valence-electron chi connectivity index (χ4n) is 3.32. The van der Waals surface area contributed by atoms with Crippen molar-refractivity contribution < 1.29 is 13.2 Å². The van der Waals surface area contributed by atoms with E-state index in [9.17, 15) is 13.2 Å². The molecule has 7 nitrogen and oxygen atoms in total. The maximum Gasteiger partial charge on any atom is 0.253 e. The lowest BCUT2D eigenvalue weighted by Gasteiger charge is -2.33. The van der Waals surface area contributed by atoms with E-state index >= 15 is 0 Å². The second-order valence-electron chi connectivity index (χ2n) is 6.30. The molecule has 1 N–H and O–H groups in total. The standard InChI is InChI=1S/C17H22N4O3S/c1-25(23,24)21-12-3-2-5-13(21)8-9-20-17(22)14-6-4-7-15-16(14)19-11-10-18-15/h4,6-7,10-11,13H,2-3,5,8-9,12H2,1H3,(H,20,22)/t13-/m0/s1. The SMILES string of the molecule is CS(=O)(=O)N1CCCC[C@H]1CCNC(=O)c1cccc2nccnc12. The van der Waals surface area contributed by atoms with Gasteiger partial charge in [-0.3, -0.25) is 14.8 Å². The predicted octanol–water partition coefficient (Wildman–Crippen LogP) is 1.56. The highest BCUT2D eigenvalue weighted by Crippen LogP contribution is 2.22. The van der Waals surface area contributed by atoms with E-state index in [-0.39, 0.29) is 11.9 Å². The number of rotatable bonds is 5. The summed E-state index contributed by atoms with van der Waals surface area (Å²) in [5, 5.41) is 2.88. The van der Waals surface area contributed by atoms with Crippen LogP contribution in [-0.2, 0) is 10.0 Å². The number of hydrogen-bond donors (Lipinski definition) is 1. The molecule has 1 aliphatic heterocycles. The highest BCUT2D eigenvalue weighted by molar-refractivity contribution is 7.88. The number of amides is 1.